The van der Waals surface area contributed by atoms with Gasteiger partial charge in [-0.3, -0.25) is 0 Å². The highest BCUT2D eigenvalue weighted by atomic mass is 16.5. The summed E-state index contributed by atoms with van der Waals surface area (Å²) in [4.78, 5) is 12.2. The van der Waals surface area contributed by atoms with Crippen molar-refractivity contribution in [3.63, 3.8) is 0 Å². The average molecular weight is 421 g/mol. The standard InChI is InChI=1S/C25H28N2O4/c1-16-11-12-17(2)21(13-16)23-18(3)24(27(4)26-23)31-14-19-9-7-8-10-20(19)22(15-29-5)25(28)30-6/h7-13,15H,14H2,1-6H3/b22-15+. The summed E-state index contributed by atoms with van der Waals surface area (Å²) in [7, 11) is 4.71. The number of esters is 1. The molecule has 0 radical (unpaired) electrons. The number of aromatic nitrogens is 2. The lowest BCUT2D eigenvalue weighted by Crippen LogP contribution is -2.09. The van der Waals surface area contributed by atoms with Crippen LogP contribution < -0.4 is 4.74 Å². The molecule has 0 bridgehead atoms. The number of carbonyl (C=O) groups is 1. The Balaban J connectivity index is 1.93. The second-order valence-corrected chi connectivity index (χ2v) is 7.43. The van der Waals surface area contributed by atoms with E-state index in [-0.39, 0.29) is 6.61 Å². The summed E-state index contributed by atoms with van der Waals surface area (Å²) >= 11 is 0. The van der Waals surface area contributed by atoms with Gasteiger partial charge in [0.25, 0.3) is 0 Å². The van der Waals surface area contributed by atoms with Gasteiger partial charge in [-0.2, -0.15) is 5.10 Å². The first-order chi connectivity index (χ1) is 14.9. The molecule has 3 rings (SSSR count). The molecule has 31 heavy (non-hydrogen) atoms. The molecular weight excluding hydrogens is 392 g/mol. The van der Waals surface area contributed by atoms with E-state index in [1.54, 1.807) is 4.68 Å². The number of benzene rings is 2. The highest BCUT2D eigenvalue weighted by Crippen LogP contribution is 2.32. The Morgan fingerprint density at radius 3 is 2.55 bits per heavy atom. The number of carbonyl (C=O) groups excluding carboxylic acids is 1. The lowest BCUT2D eigenvalue weighted by molar-refractivity contribution is -0.133. The molecule has 0 spiro atoms. The van der Waals surface area contributed by atoms with Crippen LogP contribution in [0.3, 0.4) is 0 Å². The van der Waals surface area contributed by atoms with Gasteiger partial charge >= 0.3 is 5.97 Å². The molecule has 0 saturated carbocycles. The van der Waals surface area contributed by atoms with Crippen molar-refractivity contribution in [3.8, 4) is 17.1 Å². The van der Waals surface area contributed by atoms with E-state index in [1.165, 1.54) is 26.0 Å². The van der Waals surface area contributed by atoms with Gasteiger partial charge in [0, 0.05) is 18.2 Å². The van der Waals surface area contributed by atoms with Crippen molar-refractivity contribution in [2.75, 3.05) is 14.2 Å². The Labute approximate surface area is 183 Å². The molecule has 6 nitrogen and oxygen atoms in total. The van der Waals surface area contributed by atoms with Crippen LogP contribution in [-0.2, 0) is 27.9 Å². The van der Waals surface area contributed by atoms with Crippen LogP contribution in [0.1, 0.15) is 27.8 Å². The van der Waals surface area contributed by atoms with E-state index in [9.17, 15) is 4.79 Å². The Bertz CT molecular complexity index is 1130. The molecule has 1 heterocycles. The number of aryl methyl sites for hydroxylation is 3. The molecule has 6 heteroatoms. The number of methoxy groups -OCH3 is 2. The van der Waals surface area contributed by atoms with Gasteiger partial charge in [-0.05, 0) is 43.5 Å². The molecule has 0 N–H and O–H groups in total. The van der Waals surface area contributed by atoms with Crippen LogP contribution in [0.2, 0.25) is 0 Å². The summed E-state index contributed by atoms with van der Waals surface area (Å²) in [5.74, 6) is 0.212. The van der Waals surface area contributed by atoms with Gasteiger partial charge in [-0.25, -0.2) is 9.48 Å². The molecule has 0 saturated heterocycles. The van der Waals surface area contributed by atoms with Crippen molar-refractivity contribution in [3.05, 3.63) is 76.5 Å². The highest BCUT2D eigenvalue weighted by molar-refractivity contribution is 6.16. The minimum absolute atomic E-state index is 0.265. The number of hydrogen-bond acceptors (Lipinski definition) is 5. The zero-order chi connectivity index (χ0) is 22.5. The van der Waals surface area contributed by atoms with Crippen molar-refractivity contribution in [2.24, 2.45) is 7.05 Å². The molecule has 162 valence electrons. The largest absolute Gasteiger partial charge is 0.503 e. The maximum Gasteiger partial charge on any atom is 0.341 e. The second-order valence-electron chi connectivity index (χ2n) is 7.43. The van der Waals surface area contributed by atoms with Gasteiger partial charge in [0.2, 0.25) is 5.88 Å². The van der Waals surface area contributed by atoms with Crippen molar-refractivity contribution in [1.82, 2.24) is 9.78 Å². The lowest BCUT2D eigenvalue weighted by atomic mass is 10.0. The maximum atomic E-state index is 12.2. The molecule has 0 atom stereocenters. The van der Waals surface area contributed by atoms with Crippen LogP contribution >= 0.6 is 0 Å². The van der Waals surface area contributed by atoms with Gasteiger partial charge in [0.05, 0.1) is 26.2 Å². The first-order valence-corrected chi connectivity index (χ1v) is 10.0. The number of ether oxygens (including phenoxy) is 3. The first kappa shape index (κ1) is 22.2. The maximum absolute atomic E-state index is 12.2. The fraction of sp³-hybridized carbons (Fsp3) is 0.280. The fourth-order valence-electron chi connectivity index (χ4n) is 3.57. The molecule has 2 aromatic carbocycles. The summed E-state index contributed by atoms with van der Waals surface area (Å²) in [6, 6.07) is 13.9. The quantitative estimate of drug-likeness (QED) is 0.314. The Morgan fingerprint density at radius 2 is 1.84 bits per heavy atom. The highest BCUT2D eigenvalue weighted by Gasteiger charge is 2.20. The van der Waals surface area contributed by atoms with Crippen molar-refractivity contribution in [2.45, 2.75) is 27.4 Å². The van der Waals surface area contributed by atoms with Crippen molar-refractivity contribution >= 4 is 11.5 Å². The zero-order valence-electron chi connectivity index (χ0n) is 18.9. The predicted molar refractivity (Wildman–Crippen MR) is 121 cm³/mol. The van der Waals surface area contributed by atoms with E-state index in [4.69, 9.17) is 19.3 Å². The summed E-state index contributed by atoms with van der Waals surface area (Å²) < 4.78 is 17.9. The Morgan fingerprint density at radius 1 is 1.10 bits per heavy atom. The third-order valence-corrected chi connectivity index (χ3v) is 5.18. The van der Waals surface area contributed by atoms with E-state index in [1.807, 2.05) is 38.2 Å². The summed E-state index contributed by atoms with van der Waals surface area (Å²) in [6.45, 7) is 6.43. The van der Waals surface area contributed by atoms with Crippen LogP contribution in [0.15, 0.2) is 48.7 Å². The van der Waals surface area contributed by atoms with Gasteiger partial charge in [-0.1, -0.05) is 42.0 Å². The van der Waals surface area contributed by atoms with E-state index in [0.29, 0.717) is 17.0 Å². The molecule has 0 fully saturated rings. The molecule has 0 amide bonds. The smallest absolute Gasteiger partial charge is 0.341 e. The van der Waals surface area contributed by atoms with E-state index in [0.717, 1.165) is 27.9 Å². The molecule has 0 aliphatic heterocycles. The minimum atomic E-state index is -0.469. The number of nitrogens with zero attached hydrogens (tertiary/aromatic N) is 2. The van der Waals surface area contributed by atoms with Crippen LogP contribution in [0.5, 0.6) is 5.88 Å². The normalized spacial score (nSPS) is 11.4. The molecule has 3 aromatic rings. The van der Waals surface area contributed by atoms with E-state index in [2.05, 4.69) is 32.0 Å². The topological polar surface area (TPSA) is 62.6 Å². The number of rotatable bonds is 7. The minimum Gasteiger partial charge on any atom is -0.503 e. The van der Waals surface area contributed by atoms with E-state index < -0.39 is 5.97 Å². The Kier molecular flexibility index (Phi) is 6.80. The molecule has 0 unspecified atom stereocenters. The van der Waals surface area contributed by atoms with Crippen LogP contribution in [0.25, 0.3) is 16.8 Å². The van der Waals surface area contributed by atoms with Crippen LogP contribution in [0.4, 0.5) is 0 Å². The third kappa shape index (κ3) is 4.63. The van der Waals surface area contributed by atoms with Gasteiger partial charge in [0.1, 0.15) is 12.2 Å². The lowest BCUT2D eigenvalue weighted by Gasteiger charge is -2.13. The fourth-order valence-corrected chi connectivity index (χ4v) is 3.57. The van der Waals surface area contributed by atoms with Gasteiger partial charge in [-0.15, -0.1) is 0 Å². The summed E-state index contributed by atoms with van der Waals surface area (Å²) in [5.41, 5.74) is 7.19. The second kappa shape index (κ2) is 9.51. The van der Waals surface area contributed by atoms with E-state index >= 15 is 0 Å². The predicted octanol–water partition coefficient (Wildman–Crippen LogP) is 4.75. The monoisotopic (exact) mass is 420 g/mol. The molecular formula is C25H28N2O4. The zero-order valence-corrected chi connectivity index (χ0v) is 18.9. The summed E-state index contributed by atoms with van der Waals surface area (Å²) in [5, 5.41) is 4.71. The number of hydrogen-bond donors (Lipinski definition) is 0. The van der Waals surface area contributed by atoms with Crippen LogP contribution in [0, 0.1) is 20.8 Å². The van der Waals surface area contributed by atoms with Crippen LogP contribution in [-0.4, -0.2) is 30.0 Å². The molecule has 0 aliphatic rings. The molecule has 0 aliphatic carbocycles. The molecule has 1 aromatic heterocycles. The Hall–Kier alpha value is -3.54. The first-order valence-electron chi connectivity index (χ1n) is 10.0. The van der Waals surface area contributed by atoms with Crippen molar-refractivity contribution < 1.29 is 19.0 Å². The van der Waals surface area contributed by atoms with Crippen molar-refractivity contribution in [1.29, 1.82) is 0 Å². The van der Waals surface area contributed by atoms with Gasteiger partial charge < -0.3 is 14.2 Å². The third-order valence-electron chi connectivity index (χ3n) is 5.18. The average Bonchev–Trinajstić information content (AvgIpc) is 3.05. The van der Waals surface area contributed by atoms with Gasteiger partial charge in [0.15, 0.2) is 0 Å². The summed E-state index contributed by atoms with van der Waals surface area (Å²) in [6.07, 6.45) is 1.39. The SMILES string of the molecule is CO/C=C(/C(=O)OC)c1ccccc1COc1c(C)c(-c2cc(C)ccc2C)nn1C.